The van der Waals surface area contributed by atoms with Gasteiger partial charge in [0.05, 0.1) is 0 Å². The Morgan fingerprint density at radius 1 is 1.29 bits per heavy atom. The number of nitrogens with two attached hydrogens (primary N) is 2. The van der Waals surface area contributed by atoms with E-state index in [1.165, 1.54) is 12.1 Å². The van der Waals surface area contributed by atoms with Crippen LogP contribution >= 0.6 is 0 Å². The van der Waals surface area contributed by atoms with E-state index in [-0.39, 0.29) is 11.7 Å². The molecule has 2 heterocycles. The summed E-state index contributed by atoms with van der Waals surface area (Å²) in [7, 11) is 0. The van der Waals surface area contributed by atoms with Gasteiger partial charge in [-0.3, -0.25) is 11.2 Å². The van der Waals surface area contributed by atoms with Gasteiger partial charge in [-0.05, 0) is 12.1 Å². The molecular formula is C8H9F3N6. The minimum absolute atomic E-state index is 0.0216. The van der Waals surface area contributed by atoms with Crippen molar-refractivity contribution in [3.05, 3.63) is 29.6 Å². The van der Waals surface area contributed by atoms with E-state index in [2.05, 4.69) is 20.8 Å². The summed E-state index contributed by atoms with van der Waals surface area (Å²) >= 11 is 0. The highest BCUT2D eigenvalue weighted by molar-refractivity contribution is 5.79. The van der Waals surface area contributed by atoms with Crippen LogP contribution in [-0.4, -0.2) is 10.9 Å². The van der Waals surface area contributed by atoms with Gasteiger partial charge in [-0.2, -0.15) is 18.6 Å². The van der Waals surface area contributed by atoms with Crippen molar-refractivity contribution in [1.29, 1.82) is 0 Å². The maximum Gasteiger partial charge on any atom is 0.433 e. The van der Waals surface area contributed by atoms with E-state index in [0.717, 1.165) is 6.07 Å². The van der Waals surface area contributed by atoms with E-state index in [9.17, 15) is 13.2 Å². The van der Waals surface area contributed by atoms with Crippen LogP contribution in [0.3, 0.4) is 0 Å². The van der Waals surface area contributed by atoms with Crippen LogP contribution in [0.5, 0.6) is 0 Å². The van der Waals surface area contributed by atoms with Gasteiger partial charge >= 0.3 is 6.18 Å². The van der Waals surface area contributed by atoms with Crippen molar-refractivity contribution >= 4 is 5.96 Å². The summed E-state index contributed by atoms with van der Waals surface area (Å²) in [5, 5.41) is 0. The van der Waals surface area contributed by atoms with Crippen LogP contribution < -0.4 is 22.3 Å². The van der Waals surface area contributed by atoms with Crippen LogP contribution in [0.2, 0.25) is 0 Å². The number of nitrogens with zero attached hydrogens (tertiary/aromatic N) is 2. The summed E-state index contributed by atoms with van der Waals surface area (Å²) in [6.07, 6.45) is -4.53. The molecule has 0 aliphatic carbocycles. The number of hydrazine groups is 1. The van der Waals surface area contributed by atoms with Crippen LogP contribution in [-0.2, 0) is 12.0 Å². The lowest BCUT2D eigenvalue weighted by atomic mass is 10.2. The largest absolute Gasteiger partial charge is 0.433 e. The summed E-state index contributed by atoms with van der Waals surface area (Å²) in [5.74, 6) is -1.61. The predicted octanol–water partition coefficient (Wildman–Crippen LogP) is -0.408. The third kappa shape index (κ3) is 2.15. The fourth-order valence-corrected chi connectivity index (χ4v) is 1.33. The van der Waals surface area contributed by atoms with Crippen molar-refractivity contribution in [3.8, 4) is 0 Å². The highest BCUT2D eigenvalue weighted by Gasteiger charge is 2.37. The van der Waals surface area contributed by atoms with Gasteiger partial charge in [0, 0.05) is 0 Å². The molecule has 1 aromatic rings. The Balaban J connectivity index is 2.41. The fourth-order valence-electron chi connectivity index (χ4n) is 1.33. The van der Waals surface area contributed by atoms with Crippen LogP contribution in [0, 0.1) is 0 Å². The number of aromatic nitrogens is 1. The molecule has 0 saturated carbocycles. The predicted molar refractivity (Wildman–Crippen MR) is 53.0 cm³/mol. The first kappa shape index (κ1) is 11.6. The number of hydrogen-bond donors (Lipinski definition) is 4. The molecule has 0 saturated heterocycles. The van der Waals surface area contributed by atoms with Crippen molar-refractivity contribution in [2.24, 2.45) is 16.5 Å². The Kier molecular flexibility index (Phi) is 2.44. The summed E-state index contributed by atoms with van der Waals surface area (Å²) in [4.78, 5) is 7.15. The Bertz CT molecular complexity index is 471. The molecule has 0 aromatic carbocycles. The average Bonchev–Trinajstić information content (AvgIpc) is 2.59. The van der Waals surface area contributed by atoms with E-state index < -0.39 is 17.7 Å². The summed E-state index contributed by atoms with van der Waals surface area (Å²) in [5.41, 5.74) is 14.8. The number of aliphatic imine (C=N–C) groups is 1. The molecule has 1 aliphatic heterocycles. The maximum atomic E-state index is 12.5. The van der Waals surface area contributed by atoms with E-state index >= 15 is 0 Å². The number of nitrogens with one attached hydrogen (secondary N) is 2. The minimum atomic E-state index is -4.53. The molecular weight excluding hydrogens is 237 g/mol. The lowest BCUT2D eigenvalue weighted by molar-refractivity contribution is -0.141. The number of rotatable bonds is 1. The molecule has 92 valence electrons. The van der Waals surface area contributed by atoms with Crippen molar-refractivity contribution in [2.45, 2.75) is 12.0 Å². The molecule has 6 N–H and O–H groups in total. The first-order chi connectivity index (χ1) is 7.81. The normalized spacial score (nSPS) is 24.4. The molecule has 0 radical (unpaired) electrons. The Labute approximate surface area is 93.9 Å². The molecule has 0 fully saturated rings. The SMILES string of the molecule is NC1=NC(N)(c2cccc(C(F)(F)F)n2)NN1. The molecule has 2 rings (SSSR count). The second-order valence-corrected chi connectivity index (χ2v) is 3.42. The van der Waals surface area contributed by atoms with Crippen molar-refractivity contribution in [1.82, 2.24) is 15.8 Å². The van der Waals surface area contributed by atoms with E-state index in [1.807, 2.05) is 0 Å². The third-order valence-corrected chi connectivity index (χ3v) is 2.11. The summed E-state index contributed by atoms with van der Waals surface area (Å²) in [6.45, 7) is 0. The Morgan fingerprint density at radius 3 is 2.53 bits per heavy atom. The minimum Gasteiger partial charge on any atom is -0.369 e. The molecule has 6 nitrogen and oxygen atoms in total. The second kappa shape index (κ2) is 3.57. The van der Waals surface area contributed by atoms with Crippen molar-refractivity contribution < 1.29 is 13.2 Å². The van der Waals surface area contributed by atoms with Crippen molar-refractivity contribution in [2.75, 3.05) is 0 Å². The first-order valence-corrected chi connectivity index (χ1v) is 4.53. The lowest BCUT2D eigenvalue weighted by Crippen LogP contribution is -2.51. The molecule has 0 amide bonds. The van der Waals surface area contributed by atoms with Gasteiger partial charge < -0.3 is 5.73 Å². The zero-order valence-electron chi connectivity index (χ0n) is 8.42. The van der Waals surface area contributed by atoms with Gasteiger partial charge in [0.15, 0.2) is 0 Å². The van der Waals surface area contributed by atoms with E-state index in [4.69, 9.17) is 11.5 Å². The number of hydrogen-bond acceptors (Lipinski definition) is 6. The number of halogens is 3. The Morgan fingerprint density at radius 2 is 2.00 bits per heavy atom. The van der Waals surface area contributed by atoms with Gasteiger partial charge in [-0.15, -0.1) is 0 Å². The van der Waals surface area contributed by atoms with Crippen LogP contribution in [0.1, 0.15) is 11.4 Å². The maximum absolute atomic E-state index is 12.5. The van der Waals surface area contributed by atoms with E-state index in [1.54, 1.807) is 0 Å². The van der Waals surface area contributed by atoms with Gasteiger partial charge in [-0.1, -0.05) is 6.07 Å². The molecule has 1 aromatic heterocycles. The molecule has 0 spiro atoms. The molecule has 1 aliphatic rings. The average molecular weight is 246 g/mol. The molecule has 9 heteroatoms. The number of guanidine groups is 1. The standard InChI is InChI=1S/C8H9F3N6/c9-7(10,11)4-2-1-3-5(14-4)8(13)15-6(12)16-17-8/h1-3,17H,13H2,(H3,12,15,16). The summed E-state index contributed by atoms with van der Waals surface area (Å²) < 4.78 is 37.4. The lowest BCUT2D eigenvalue weighted by Gasteiger charge is -2.20. The summed E-state index contributed by atoms with van der Waals surface area (Å²) in [6, 6.07) is 3.37. The second-order valence-electron chi connectivity index (χ2n) is 3.42. The van der Waals surface area contributed by atoms with Crippen LogP contribution in [0.15, 0.2) is 23.2 Å². The fraction of sp³-hybridized carbons (Fsp3) is 0.250. The zero-order chi connectivity index (χ0) is 12.7. The molecule has 17 heavy (non-hydrogen) atoms. The number of pyridine rings is 1. The highest BCUT2D eigenvalue weighted by atomic mass is 19.4. The monoisotopic (exact) mass is 246 g/mol. The molecule has 1 atom stereocenters. The molecule has 0 bridgehead atoms. The Hall–Kier alpha value is -1.87. The van der Waals surface area contributed by atoms with Crippen molar-refractivity contribution in [3.63, 3.8) is 0 Å². The van der Waals surface area contributed by atoms with Gasteiger partial charge in [0.25, 0.3) is 0 Å². The van der Waals surface area contributed by atoms with Gasteiger partial charge in [-0.25, -0.2) is 9.98 Å². The quantitative estimate of drug-likeness (QED) is 0.539. The number of alkyl halides is 3. The third-order valence-electron chi connectivity index (χ3n) is 2.11. The highest BCUT2D eigenvalue weighted by Crippen LogP contribution is 2.28. The van der Waals surface area contributed by atoms with Gasteiger partial charge in [0.2, 0.25) is 11.7 Å². The molecule has 1 unspecified atom stereocenters. The van der Waals surface area contributed by atoms with Gasteiger partial charge in [0.1, 0.15) is 11.4 Å². The van der Waals surface area contributed by atoms with Crippen LogP contribution in [0.4, 0.5) is 13.2 Å². The smallest absolute Gasteiger partial charge is 0.369 e. The topological polar surface area (TPSA) is 101 Å². The van der Waals surface area contributed by atoms with E-state index in [0.29, 0.717) is 0 Å². The first-order valence-electron chi connectivity index (χ1n) is 4.53. The zero-order valence-corrected chi connectivity index (χ0v) is 8.42. The van der Waals surface area contributed by atoms with Crippen LogP contribution in [0.25, 0.3) is 0 Å².